The highest BCUT2D eigenvalue weighted by atomic mass is 32.1. The summed E-state index contributed by atoms with van der Waals surface area (Å²) in [7, 11) is 0. The lowest BCUT2D eigenvalue weighted by molar-refractivity contribution is 0.694. The molecule has 1 aromatic carbocycles. The van der Waals surface area contributed by atoms with Crippen LogP contribution in [0.5, 0.6) is 0 Å². The fraction of sp³-hybridized carbons (Fsp3) is 0.286. The highest BCUT2D eigenvalue weighted by Gasteiger charge is 1.95. The van der Waals surface area contributed by atoms with Gasteiger partial charge in [0.15, 0.2) is 0 Å². The fourth-order valence-corrected chi connectivity index (χ4v) is 2.40. The zero-order valence-electron chi connectivity index (χ0n) is 9.86. The molecule has 17 heavy (non-hydrogen) atoms. The Balaban J connectivity index is 1.79. The summed E-state index contributed by atoms with van der Waals surface area (Å²) in [6, 6.07) is 10.8. The van der Waals surface area contributed by atoms with Crippen molar-refractivity contribution in [3.05, 3.63) is 57.8 Å². The maximum Gasteiger partial charge on any atom is 0.0216 e. The minimum Gasteiger partial charge on any atom is -0.330 e. The Hall–Kier alpha value is -1.16. The topological polar surface area (TPSA) is 38.0 Å². The minimum atomic E-state index is 0.718. The third-order valence-corrected chi connectivity index (χ3v) is 3.43. The molecule has 2 rings (SSSR count). The van der Waals surface area contributed by atoms with Gasteiger partial charge in [-0.25, -0.2) is 0 Å². The Labute approximate surface area is 106 Å². The second kappa shape index (κ2) is 6.55. The van der Waals surface area contributed by atoms with Gasteiger partial charge in [-0.3, -0.25) is 0 Å². The maximum absolute atomic E-state index is 5.52. The highest BCUT2D eigenvalue weighted by molar-refractivity contribution is 7.07. The molecule has 3 N–H and O–H groups in total. The largest absolute Gasteiger partial charge is 0.330 e. The van der Waals surface area contributed by atoms with Crippen molar-refractivity contribution in [1.82, 2.24) is 5.32 Å². The number of hydrogen-bond donors (Lipinski definition) is 2. The lowest BCUT2D eigenvalue weighted by Gasteiger charge is -2.05. The van der Waals surface area contributed by atoms with E-state index in [1.54, 1.807) is 11.3 Å². The summed E-state index contributed by atoms with van der Waals surface area (Å²) in [6.45, 7) is 2.57. The standard InChI is InChI=1S/C14H18N2S/c15-7-5-12-1-3-13(4-2-12)9-16-10-14-6-8-17-11-14/h1-4,6,8,11,16H,5,7,9-10,15H2. The Kier molecular flexibility index (Phi) is 4.74. The number of nitrogens with two attached hydrogens (primary N) is 1. The number of thiophene rings is 1. The molecular formula is C14H18N2S. The van der Waals surface area contributed by atoms with Crippen LogP contribution >= 0.6 is 11.3 Å². The predicted octanol–water partition coefficient (Wildman–Crippen LogP) is 2.54. The van der Waals surface area contributed by atoms with Crippen LogP contribution in [0.4, 0.5) is 0 Å². The summed E-state index contributed by atoms with van der Waals surface area (Å²) in [5, 5.41) is 7.73. The van der Waals surface area contributed by atoms with Crippen LogP contribution in [-0.4, -0.2) is 6.54 Å². The summed E-state index contributed by atoms with van der Waals surface area (Å²) in [5.41, 5.74) is 9.51. The second-order valence-electron chi connectivity index (χ2n) is 4.09. The molecule has 1 heterocycles. The summed E-state index contributed by atoms with van der Waals surface area (Å²) in [6.07, 6.45) is 0.961. The van der Waals surface area contributed by atoms with E-state index < -0.39 is 0 Å². The Morgan fingerprint density at radius 3 is 2.29 bits per heavy atom. The monoisotopic (exact) mass is 246 g/mol. The first kappa shape index (κ1) is 12.3. The van der Waals surface area contributed by atoms with Crippen LogP contribution in [0.2, 0.25) is 0 Å². The van der Waals surface area contributed by atoms with Crippen molar-refractivity contribution < 1.29 is 0 Å². The molecule has 2 aromatic rings. The van der Waals surface area contributed by atoms with Crippen LogP contribution in [0.25, 0.3) is 0 Å². The first-order valence-corrected chi connectivity index (χ1v) is 6.82. The van der Waals surface area contributed by atoms with Gasteiger partial charge in [0.25, 0.3) is 0 Å². The van der Waals surface area contributed by atoms with Gasteiger partial charge >= 0.3 is 0 Å². The van der Waals surface area contributed by atoms with Gasteiger partial charge < -0.3 is 11.1 Å². The van der Waals surface area contributed by atoms with Gasteiger partial charge in [-0.1, -0.05) is 24.3 Å². The summed E-state index contributed by atoms with van der Waals surface area (Å²) < 4.78 is 0. The molecule has 0 atom stereocenters. The van der Waals surface area contributed by atoms with E-state index in [1.807, 2.05) is 0 Å². The van der Waals surface area contributed by atoms with Gasteiger partial charge in [0.1, 0.15) is 0 Å². The molecule has 90 valence electrons. The SMILES string of the molecule is NCCc1ccc(CNCc2ccsc2)cc1. The molecule has 0 unspecified atom stereocenters. The summed E-state index contributed by atoms with van der Waals surface area (Å²) in [4.78, 5) is 0. The van der Waals surface area contributed by atoms with E-state index in [2.05, 4.69) is 46.4 Å². The molecule has 0 aliphatic rings. The number of rotatable bonds is 6. The van der Waals surface area contributed by atoms with Gasteiger partial charge in [-0.15, -0.1) is 0 Å². The predicted molar refractivity (Wildman–Crippen MR) is 74.1 cm³/mol. The molecule has 0 radical (unpaired) electrons. The third-order valence-electron chi connectivity index (χ3n) is 2.69. The quantitative estimate of drug-likeness (QED) is 0.822. The summed E-state index contributed by atoms with van der Waals surface area (Å²) in [5.74, 6) is 0. The average molecular weight is 246 g/mol. The lowest BCUT2D eigenvalue weighted by Crippen LogP contribution is -2.12. The van der Waals surface area contributed by atoms with Crippen LogP contribution in [0.1, 0.15) is 16.7 Å². The van der Waals surface area contributed by atoms with Crippen molar-refractivity contribution in [2.75, 3.05) is 6.54 Å². The first-order chi connectivity index (χ1) is 8.38. The Morgan fingerprint density at radius 1 is 0.941 bits per heavy atom. The van der Waals surface area contributed by atoms with Crippen molar-refractivity contribution in [3.63, 3.8) is 0 Å². The highest BCUT2D eigenvalue weighted by Crippen LogP contribution is 2.07. The zero-order valence-corrected chi connectivity index (χ0v) is 10.7. The fourth-order valence-electron chi connectivity index (χ4n) is 1.73. The molecule has 0 spiro atoms. The zero-order chi connectivity index (χ0) is 11.9. The maximum atomic E-state index is 5.52. The van der Waals surface area contributed by atoms with Crippen LogP contribution in [0.3, 0.4) is 0 Å². The summed E-state index contributed by atoms with van der Waals surface area (Å²) >= 11 is 1.74. The van der Waals surface area contributed by atoms with Crippen LogP contribution in [0.15, 0.2) is 41.1 Å². The van der Waals surface area contributed by atoms with Gasteiger partial charge in [-0.2, -0.15) is 11.3 Å². The average Bonchev–Trinajstić information content (AvgIpc) is 2.85. The Bertz CT molecular complexity index is 420. The molecule has 0 fully saturated rings. The van der Waals surface area contributed by atoms with Crippen molar-refractivity contribution in [3.8, 4) is 0 Å². The number of hydrogen-bond acceptors (Lipinski definition) is 3. The molecule has 0 aliphatic heterocycles. The molecular weight excluding hydrogens is 228 g/mol. The molecule has 0 saturated carbocycles. The smallest absolute Gasteiger partial charge is 0.0216 e. The number of benzene rings is 1. The second-order valence-corrected chi connectivity index (χ2v) is 4.87. The van der Waals surface area contributed by atoms with E-state index in [0.29, 0.717) is 0 Å². The van der Waals surface area contributed by atoms with Crippen molar-refractivity contribution in [1.29, 1.82) is 0 Å². The van der Waals surface area contributed by atoms with Crippen LogP contribution in [0, 0.1) is 0 Å². The molecule has 0 amide bonds. The van der Waals surface area contributed by atoms with E-state index in [-0.39, 0.29) is 0 Å². The van der Waals surface area contributed by atoms with Crippen molar-refractivity contribution >= 4 is 11.3 Å². The molecule has 1 aromatic heterocycles. The van der Waals surface area contributed by atoms with Gasteiger partial charge in [0.05, 0.1) is 0 Å². The van der Waals surface area contributed by atoms with Crippen LogP contribution in [-0.2, 0) is 19.5 Å². The molecule has 0 bridgehead atoms. The Morgan fingerprint density at radius 2 is 1.65 bits per heavy atom. The molecule has 2 nitrogen and oxygen atoms in total. The third kappa shape index (κ3) is 3.97. The number of nitrogens with one attached hydrogen (secondary N) is 1. The molecule has 3 heteroatoms. The van der Waals surface area contributed by atoms with E-state index in [9.17, 15) is 0 Å². The van der Waals surface area contributed by atoms with Crippen molar-refractivity contribution in [2.45, 2.75) is 19.5 Å². The van der Waals surface area contributed by atoms with Gasteiger partial charge in [-0.05, 0) is 46.5 Å². The minimum absolute atomic E-state index is 0.718. The van der Waals surface area contributed by atoms with E-state index in [0.717, 1.165) is 26.1 Å². The van der Waals surface area contributed by atoms with Crippen molar-refractivity contribution in [2.24, 2.45) is 5.73 Å². The van der Waals surface area contributed by atoms with E-state index in [1.165, 1.54) is 16.7 Å². The van der Waals surface area contributed by atoms with Gasteiger partial charge in [0, 0.05) is 13.1 Å². The van der Waals surface area contributed by atoms with Gasteiger partial charge in [0.2, 0.25) is 0 Å². The first-order valence-electron chi connectivity index (χ1n) is 5.88. The normalized spacial score (nSPS) is 10.6. The van der Waals surface area contributed by atoms with Crippen LogP contribution < -0.4 is 11.1 Å². The van der Waals surface area contributed by atoms with E-state index >= 15 is 0 Å². The lowest BCUT2D eigenvalue weighted by atomic mass is 10.1. The molecule has 0 saturated heterocycles. The van der Waals surface area contributed by atoms with E-state index in [4.69, 9.17) is 5.73 Å². The molecule has 0 aliphatic carbocycles.